The summed E-state index contributed by atoms with van der Waals surface area (Å²) in [7, 11) is 1.60. The Morgan fingerprint density at radius 2 is 2.20 bits per heavy atom. The fourth-order valence-electron chi connectivity index (χ4n) is 2.71. The number of ether oxygens (including phenoxy) is 2. The van der Waals surface area contributed by atoms with Crippen LogP contribution in [0.15, 0.2) is 18.2 Å². The van der Waals surface area contributed by atoms with Crippen LogP contribution in [0, 0.1) is 17.1 Å². The molecule has 1 aromatic rings. The van der Waals surface area contributed by atoms with Crippen LogP contribution in [-0.4, -0.2) is 19.3 Å². The van der Waals surface area contributed by atoms with E-state index in [0.717, 1.165) is 43.4 Å². The van der Waals surface area contributed by atoms with Crippen LogP contribution >= 0.6 is 0 Å². The van der Waals surface area contributed by atoms with Crippen molar-refractivity contribution in [3.05, 3.63) is 29.6 Å². The van der Waals surface area contributed by atoms with Crippen molar-refractivity contribution in [3.63, 3.8) is 0 Å². The van der Waals surface area contributed by atoms with E-state index in [2.05, 4.69) is 6.07 Å². The number of benzene rings is 1. The van der Waals surface area contributed by atoms with Crippen LogP contribution in [0.3, 0.4) is 0 Å². The molecule has 0 aromatic heterocycles. The summed E-state index contributed by atoms with van der Waals surface area (Å²) in [5.41, 5.74) is 0.902. The molecule has 2 unspecified atom stereocenters. The number of methoxy groups -OCH3 is 1. The molecule has 1 aliphatic heterocycles. The zero-order chi connectivity index (χ0) is 14.4. The predicted octanol–water partition coefficient (Wildman–Crippen LogP) is 3.62. The Hall–Kier alpha value is -1.60. The van der Waals surface area contributed by atoms with Gasteiger partial charge in [0.2, 0.25) is 0 Å². The van der Waals surface area contributed by atoms with E-state index < -0.39 is 0 Å². The van der Waals surface area contributed by atoms with E-state index in [-0.39, 0.29) is 18.0 Å². The van der Waals surface area contributed by atoms with Gasteiger partial charge in [-0.15, -0.1) is 0 Å². The van der Waals surface area contributed by atoms with Crippen LogP contribution in [0.2, 0.25) is 0 Å². The van der Waals surface area contributed by atoms with E-state index in [4.69, 9.17) is 14.7 Å². The average molecular weight is 277 g/mol. The lowest BCUT2D eigenvalue weighted by Crippen LogP contribution is -2.10. The number of hydrogen-bond acceptors (Lipinski definition) is 3. The molecule has 0 radical (unpaired) electrons. The van der Waals surface area contributed by atoms with Crippen LogP contribution in [0.25, 0.3) is 0 Å². The lowest BCUT2D eigenvalue weighted by atomic mass is 10.0. The fourth-order valence-corrected chi connectivity index (χ4v) is 2.71. The predicted molar refractivity (Wildman–Crippen MR) is 74.0 cm³/mol. The van der Waals surface area contributed by atoms with Gasteiger partial charge in [-0.05, 0) is 55.9 Å². The highest BCUT2D eigenvalue weighted by molar-refractivity contribution is 5.33. The number of aryl methyl sites for hydroxylation is 1. The molecule has 2 rings (SSSR count). The summed E-state index contributed by atoms with van der Waals surface area (Å²) in [6.45, 7) is 0. The van der Waals surface area contributed by atoms with Crippen molar-refractivity contribution in [2.45, 2.75) is 50.7 Å². The van der Waals surface area contributed by atoms with Crippen molar-refractivity contribution in [1.29, 1.82) is 5.26 Å². The Labute approximate surface area is 119 Å². The van der Waals surface area contributed by atoms with Crippen molar-refractivity contribution < 1.29 is 13.9 Å². The van der Waals surface area contributed by atoms with Gasteiger partial charge in [-0.3, -0.25) is 0 Å². The molecular weight excluding hydrogens is 257 g/mol. The monoisotopic (exact) mass is 277 g/mol. The molecule has 1 aromatic carbocycles. The van der Waals surface area contributed by atoms with Gasteiger partial charge in [-0.2, -0.15) is 5.26 Å². The van der Waals surface area contributed by atoms with E-state index in [1.54, 1.807) is 13.2 Å². The Balaban J connectivity index is 1.79. The zero-order valence-electron chi connectivity index (χ0n) is 11.8. The Kier molecular flexibility index (Phi) is 5.37. The number of rotatable bonds is 6. The van der Waals surface area contributed by atoms with Crippen molar-refractivity contribution in [2.75, 3.05) is 7.11 Å². The molecule has 0 saturated carbocycles. The summed E-state index contributed by atoms with van der Waals surface area (Å²) < 4.78 is 24.3. The second-order valence-electron chi connectivity index (χ2n) is 5.17. The lowest BCUT2D eigenvalue weighted by molar-refractivity contribution is 0.0423. The van der Waals surface area contributed by atoms with Crippen molar-refractivity contribution in [3.8, 4) is 11.8 Å². The van der Waals surface area contributed by atoms with Gasteiger partial charge in [0, 0.05) is 0 Å². The van der Waals surface area contributed by atoms with Gasteiger partial charge in [0.15, 0.2) is 0 Å². The molecule has 0 spiro atoms. The first-order chi connectivity index (χ1) is 9.72. The average Bonchev–Trinajstić information content (AvgIpc) is 2.87. The Morgan fingerprint density at radius 3 is 2.95 bits per heavy atom. The van der Waals surface area contributed by atoms with E-state index in [1.807, 2.05) is 0 Å². The lowest BCUT2D eigenvalue weighted by Gasteiger charge is -2.12. The standard InChI is InChI=1S/C16H20FNO2/c1-19-16-8-5-13(17)11-12(16)3-2-4-14-6-7-15(20-14)9-10-18/h5,8,11,14-15H,2-4,6-7,9H2,1H3. The summed E-state index contributed by atoms with van der Waals surface area (Å²) in [5.74, 6) is 0.507. The topological polar surface area (TPSA) is 42.2 Å². The highest BCUT2D eigenvalue weighted by atomic mass is 19.1. The molecule has 0 aliphatic carbocycles. The summed E-state index contributed by atoms with van der Waals surface area (Å²) in [6.07, 6.45) is 5.49. The van der Waals surface area contributed by atoms with E-state index in [1.165, 1.54) is 12.1 Å². The minimum absolute atomic E-state index is 0.105. The van der Waals surface area contributed by atoms with E-state index in [0.29, 0.717) is 6.42 Å². The highest BCUT2D eigenvalue weighted by Crippen LogP contribution is 2.27. The molecule has 0 bridgehead atoms. The molecule has 1 fully saturated rings. The molecule has 0 amide bonds. The van der Waals surface area contributed by atoms with Gasteiger partial charge < -0.3 is 9.47 Å². The van der Waals surface area contributed by atoms with Crippen LogP contribution in [0.1, 0.15) is 37.7 Å². The minimum Gasteiger partial charge on any atom is -0.496 e. The molecule has 1 saturated heterocycles. The molecule has 1 heterocycles. The van der Waals surface area contributed by atoms with Gasteiger partial charge in [-0.1, -0.05) is 0 Å². The third-order valence-corrected chi connectivity index (χ3v) is 3.73. The summed E-state index contributed by atoms with van der Waals surface area (Å²) >= 11 is 0. The fraction of sp³-hybridized carbons (Fsp3) is 0.562. The summed E-state index contributed by atoms with van der Waals surface area (Å²) in [4.78, 5) is 0. The highest BCUT2D eigenvalue weighted by Gasteiger charge is 2.24. The second-order valence-corrected chi connectivity index (χ2v) is 5.17. The zero-order valence-corrected chi connectivity index (χ0v) is 11.8. The van der Waals surface area contributed by atoms with Crippen molar-refractivity contribution in [2.24, 2.45) is 0 Å². The maximum atomic E-state index is 13.2. The smallest absolute Gasteiger partial charge is 0.123 e. The van der Waals surface area contributed by atoms with Gasteiger partial charge in [0.05, 0.1) is 31.8 Å². The Morgan fingerprint density at radius 1 is 1.40 bits per heavy atom. The van der Waals surface area contributed by atoms with Gasteiger partial charge in [-0.25, -0.2) is 4.39 Å². The largest absolute Gasteiger partial charge is 0.496 e. The van der Waals surface area contributed by atoms with E-state index in [9.17, 15) is 4.39 Å². The van der Waals surface area contributed by atoms with Crippen LogP contribution < -0.4 is 4.74 Å². The van der Waals surface area contributed by atoms with Crippen molar-refractivity contribution in [1.82, 2.24) is 0 Å². The third-order valence-electron chi connectivity index (χ3n) is 3.73. The summed E-state index contributed by atoms with van der Waals surface area (Å²) in [5, 5.41) is 8.64. The second kappa shape index (κ2) is 7.25. The van der Waals surface area contributed by atoms with Gasteiger partial charge in [0.25, 0.3) is 0 Å². The molecule has 2 atom stereocenters. The van der Waals surface area contributed by atoms with Crippen LogP contribution in [-0.2, 0) is 11.2 Å². The Bertz CT molecular complexity index is 484. The van der Waals surface area contributed by atoms with Crippen LogP contribution in [0.4, 0.5) is 4.39 Å². The molecule has 1 aliphatic rings. The number of hydrogen-bond donors (Lipinski definition) is 0. The molecular formula is C16H20FNO2. The maximum absolute atomic E-state index is 13.2. The molecule has 108 valence electrons. The molecule has 20 heavy (non-hydrogen) atoms. The maximum Gasteiger partial charge on any atom is 0.123 e. The molecule has 0 N–H and O–H groups in total. The SMILES string of the molecule is COc1ccc(F)cc1CCCC1CCC(CC#N)O1. The van der Waals surface area contributed by atoms with Crippen LogP contribution in [0.5, 0.6) is 5.75 Å². The molecule has 3 nitrogen and oxygen atoms in total. The minimum atomic E-state index is -0.230. The van der Waals surface area contributed by atoms with E-state index >= 15 is 0 Å². The first kappa shape index (κ1) is 14.8. The normalized spacial score (nSPS) is 21.6. The number of nitrogens with zero attached hydrogens (tertiary/aromatic N) is 1. The first-order valence-corrected chi connectivity index (χ1v) is 7.07. The number of halogens is 1. The van der Waals surface area contributed by atoms with Gasteiger partial charge in [0.1, 0.15) is 11.6 Å². The number of nitriles is 1. The van der Waals surface area contributed by atoms with Gasteiger partial charge >= 0.3 is 0 Å². The summed E-state index contributed by atoms with van der Waals surface area (Å²) in [6, 6.07) is 6.76. The van der Waals surface area contributed by atoms with Crippen molar-refractivity contribution >= 4 is 0 Å². The molecule has 4 heteroatoms. The quantitative estimate of drug-likeness (QED) is 0.797. The third kappa shape index (κ3) is 3.94. The first-order valence-electron chi connectivity index (χ1n) is 7.07.